The van der Waals surface area contributed by atoms with Crippen LogP contribution >= 0.6 is 0 Å². The van der Waals surface area contributed by atoms with E-state index in [1.165, 1.54) is 5.56 Å². The first kappa shape index (κ1) is 19.8. The van der Waals surface area contributed by atoms with E-state index in [0.717, 1.165) is 40.9 Å². The third kappa shape index (κ3) is 3.59. The number of ether oxygens (including phenoxy) is 1. The van der Waals surface area contributed by atoms with Gasteiger partial charge in [0.15, 0.2) is 6.61 Å². The van der Waals surface area contributed by atoms with Gasteiger partial charge in [0.2, 0.25) is 5.88 Å². The second-order valence-corrected chi connectivity index (χ2v) is 8.73. The first-order valence-corrected chi connectivity index (χ1v) is 10.8. The van der Waals surface area contributed by atoms with Crippen LogP contribution in [0, 0.1) is 0 Å². The highest BCUT2D eigenvalue weighted by molar-refractivity contribution is 5.99. The van der Waals surface area contributed by atoms with Gasteiger partial charge in [-0.3, -0.25) is 4.79 Å². The molecule has 3 aromatic rings. The number of amides is 1. The summed E-state index contributed by atoms with van der Waals surface area (Å²) in [5, 5.41) is 10.1. The number of anilines is 1. The van der Waals surface area contributed by atoms with Crippen LogP contribution in [0.2, 0.25) is 0 Å². The van der Waals surface area contributed by atoms with E-state index in [-0.39, 0.29) is 12.5 Å². The quantitative estimate of drug-likeness (QED) is 0.667. The number of fused-ring (bicyclic) bond motifs is 1. The maximum atomic E-state index is 12.3. The van der Waals surface area contributed by atoms with Gasteiger partial charge in [-0.15, -0.1) is 0 Å². The standard InChI is InChI=1S/C26H26N2O3/c1-3-28-22-13-21(18-7-5-4-6-8-18)24(27-25(22)31-16-23(28)29)19-11-9-17(10-12-19)20-14-26(2,30)15-20/h4-13,20,30H,3,14-16H2,1-2H3. The Morgan fingerprint density at radius 3 is 2.45 bits per heavy atom. The first-order chi connectivity index (χ1) is 14.9. The van der Waals surface area contributed by atoms with Gasteiger partial charge in [-0.25, -0.2) is 4.98 Å². The summed E-state index contributed by atoms with van der Waals surface area (Å²) < 4.78 is 5.70. The Hall–Kier alpha value is -3.18. The number of rotatable bonds is 4. The van der Waals surface area contributed by atoms with Crippen LogP contribution in [0.15, 0.2) is 60.7 Å². The van der Waals surface area contributed by atoms with Gasteiger partial charge in [0, 0.05) is 17.7 Å². The molecule has 1 aliphatic carbocycles. The van der Waals surface area contributed by atoms with Crippen LogP contribution in [0.25, 0.3) is 22.4 Å². The number of hydrogen-bond donors (Lipinski definition) is 1. The summed E-state index contributed by atoms with van der Waals surface area (Å²) in [5.41, 5.74) is 5.27. The van der Waals surface area contributed by atoms with Crippen molar-refractivity contribution in [2.75, 3.05) is 18.1 Å². The Kier molecular flexibility index (Phi) is 4.78. The molecule has 31 heavy (non-hydrogen) atoms. The molecule has 1 aromatic heterocycles. The van der Waals surface area contributed by atoms with Gasteiger partial charge < -0.3 is 14.7 Å². The molecule has 1 fully saturated rings. The lowest BCUT2D eigenvalue weighted by Gasteiger charge is -2.41. The van der Waals surface area contributed by atoms with Crippen LogP contribution in [-0.4, -0.2) is 34.8 Å². The van der Waals surface area contributed by atoms with E-state index in [9.17, 15) is 9.90 Å². The highest BCUT2D eigenvalue weighted by Crippen LogP contribution is 2.45. The van der Waals surface area contributed by atoms with E-state index in [0.29, 0.717) is 18.3 Å². The van der Waals surface area contributed by atoms with Crippen molar-refractivity contribution in [2.45, 2.75) is 38.2 Å². The minimum absolute atomic E-state index is 0.0124. The predicted octanol–water partition coefficient (Wildman–Crippen LogP) is 4.79. The van der Waals surface area contributed by atoms with E-state index >= 15 is 0 Å². The van der Waals surface area contributed by atoms with Crippen molar-refractivity contribution < 1.29 is 14.6 Å². The van der Waals surface area contributed by atoms with E-state index in [4.69, 9.17) is 9.72 Å². The van der Waals surface area contributed by atoms with Crippen molar-refractivity contribution >= 4 is 11.6 Å². The topological polar surface area (TPSA) is 62.7 Å². The highest BCUT2D eigenvalue weighted by atomic mass is 16.5. The maximum absolute atomic E-state index is 12.3. The number of pyridine rings is 1. The number of aliphatic hydroxyl groups is 1. The average molecular weight is 415 g/mol. The lowest BCUT2D eigenvalue weighted by molar-refractivity contribution is -0.121. The molecule has 0 bridgehead atoms. The van der Waals surface area contributed by atoms with Gasteiger partial charge in [0.25, 0.3) is 5.91 Å². The molecule has 5 heteroatoms. The Morgan fingerprint density at radius 1 is 1.10 bits per heavy atom. The molecule has 2 aromatic carbocycles. The van der Waals surface area contributed by atoms with Crippen LogP contribution < -0.4 is 9.64 Å². The summed E-state index contributed by atoms with van der Waals surface area (Å²) in [5.74, 6) is 0.848. The minimum Gasteiger partial charge on any atom is -0.466 e. The first-order valence-electron chi connectivity index (χ1n) is 10.8. The fourth-order valence-corrected chi connectivity index (χ4v) is 4.68. The number of hydrogen-bond acceptors (Lipinski definition) is 4. The number of likely N-dealkylation sites (N-methyl/N-ethyl adjacent to an activating group) is 1. The molecule has 0 spiro atoms. The molecule has 1 saturated carbocycles. The summed E-state index contributed by atoms with van der Waals surface area (Å²) >= 11 is 0. The minimum atomic E-state index is -0.538. The average Bonchev–Trinajstić information content (AvgIpc) is 2.77. The zero-order valence-electron chi connectivity index (χ0n) is 17.8. The van der Waals surface area contributed by atoms with Crippen LogP contribution in [0.4, 0.5) is 5.69 Å². The number of carbonyl (C=O) groups is 1. The molecule has 0 saturated heterocycles. The Balaban J connectivity index is 1.59. The molecular formula is C26H26N2O3. The molecule has 1 aliphatic heterocycles. The van der Waals surface area contributed by atoms with Crippen molar-refractivity contribution in [1.82, 2.24) is 4.98 Å². The van der Waals surface area contributed by atoms with Gasteiger partial charge in [-0.05, 0) is 49.8 Å². The van der Waals surface area contributed by atoms with Crippen LogP contribution in [0.5, 0.6) is 5.88 Å². The largest absolute Gasteiger partial charge is 0.466 e. The Labute approximate surface area is 182 Å². The fourth-order valence-electron chi connectivity index (χ4n) is 4.68. The molecule has 0 atom stereocenters. The van der Waals surface area contributed by atoms with Crippen molar-refractivity contribution in [1.29, 1.82) is 0 Å². The van der Waals surface area contributed by atoms with E-state index < -0.39 is 5.60 Å². The van der Waals surface area contributed by atoms with Crippen LogP contribution in [0.3, 0.4) is 0 Å². The van der Waals surface area contributed by atoms with Crippen LogP contribution in [-0.2, 0) is 4.79 Å². The Bertz CT molecular complexity index is 1120. The second kappa shape index (κ2) is 7.50. The second-order valence-electron chi connectivity index (χ2n) is 8.73. The number of benzene rings is 2. The fraction of sp³-hybridized carbons (Fsp3) is 0.308. The van der Waals surface area contributed by atoms with Gasteiger partial charge in [0.05, 0.1) is 11.3 Å². The predicted molar refractivity (Wildman–Crippen MR) is 121 cm³/mol. The smallest absolute Gasteiger partial charge is 0.265 e. The lowest BCUT2D eigenvalue weighted by atomic mass is 9.69. The normalized spacial score (nSPS) is 22.5. The third-order valence-corrected chi connectivity index (χ3v) is 6.32. The van der Waals surface area contributed by atoms with Crippen molar-refractivity contribution in [3.05, 3.63) is 66.2 Å². The van der Waals surface area contributed by atoms with E-state index in [1.54, 1.807) is 4.90 Å². The third-order valence-electron chi connectivity index (χ3n) is 6.32. The molecule has 158 valence electrons. The molecule has 1 amide bonds. The number of aromatic nitrogens is 1. The zero-order chi connectivity index (χ0) is 21.6. The summed E-state index contributed by atoms with van der Waals surface area (Å²) in [4.78, 5) is 18.9. The molecule has 1 N–H and O–H groups in total. The maximum Gasteiger partial charge on any atom is 0.265 e. The van der Waals surface area contributed by atoms with Crippen LogP contribution in [0.1, 0.15) is 38.2 Å². The van der Waals surface area contributed by atoms with Gasteiger partial charge >= 0.3 is 0 Å². The molecular weight excluding hydrogens is 388 g/mol. The lowest BCUT2D eigenvalue weighted by Crippen LogP contribution is -2.39. The van der Waals surface area contributed by atoms with Gasteiger partial charge in [-0.1, -0.05) is 54.6 Å². The summed E-state index contributed by atoms with van der Waals surface area (Å²) in [6.07, 6.45) is 1.60. The molecule has 5 rings (SSSR count). The van der Waals surface area contributed by atoms with Gasteiger partial charge in [0.1, 0.15) is 5.69 Å². The van der Waals surface area contributed by atoms with Gasteiger partial charge in [-0.2, -0.15) is 0 Å². The summed E-state index contributed by atoms with van der Waals surface area (Å²) in [7, 11) is 0. The van der Waals surface area contributed by atoms with E-state index in [1.807, 2.05) is 38.1 Å². The van der Waals surface area contributed by atoms with Crippen molar-refractivity contribution in [2.24, 2.45) is 0 Å². The monoisotopic (exact) mass is 414 g/mol. The molecule has 2 aliphatic rings. The zero-order valence-corrected chi connectivity index (χ0v) is 17.8. The van der Waals surface area contributed by atoms with E-state index in [2.05, 4.69) is 36.4 Å². The number of carbonyl (C=O) groups excluding carboxylic acids is 1. The van der Waals surface area contributed by atoms with Crippen molar-refractivity contribution in [3.63, 3.8) is 0 Å². The number of nitrogens with zero attached hydrogens (tertiary/aromatic N) is 2. The molecule has 5 nitrogen and oxygen atoms in total. The molecule has 0 unspecified atom stereocenters. The molecule has 2 heterocycles. The summed E-state index contributed by atoms with van der Waals surface area (Å²) in [6.45, 7) is 4.44. The SMILES string of the molecule is CCN1C(=O)COc2nc(-c3ccc(C4CC(C)(O)C4)cc3)c(-c3ccccc3)cc21. The highest BCUT2D eigenvalue weighted by Gasteiger charge is 2.39. The molecule has 0 radical (unpaired) electrons. The summed E-state index contributed by atoms with van der Waals surface area (Å²) in [6, 6.07) is 20.6. The Morgan fingerprint density at radius 2 is 1.81 bits per heavy atom. The van der Waals surface area contributed by atoms with Crippen molar-refractivity contribution in [3.8, 4) is 28.3 Å².